The lowest BCUT2D eigenvalue weighted by molar-refractivity contribution is -0.124. The monoisotopic (exact) mass is 603 g/mol. The second-order valence-corrected chi connectivity index (χ2v) is 13.6. The van der Waals surface area contributed by atoms with E-state index in [-0.39, 0.29) is 17.9 Å². The number of aromatic nitrogens is 1. The Balaban J connectivity index is 1.19. The first kappa shape index (κ1) is 30.1. The highest BCUT2D eigenvalue weighted by molar-refractivity contribution is 7.18. The largest absolute Gasteiger partial charge is 0.496 e. The Morgan fingerprint density at radius 1 is 1.05 bits per heavy atom. The minimum absolute atomic E-state index is 0.0259. The van der Waals surface area contributed by atoms with Crippen LogP contribution in [0.4, 0.5) is 10.8 Å². The molecule has 2 aliphatic carbocycles. The fourth-order valence-corrected chi connectivity index (χ4v) is 8.05. The number of aryl methyl sites for hydroxylation is 1. The number of anilines is 2. The molecule has 3 fully saturated rings. The van der Waals surface area contributed by atoms with Crippen LogP contribution in [0.25, 0.3) is 10.4 Å². The first-order valence-electron chi connectivity index (χ1n) is 16.0. The van der Waals surface area contributed by atoms with Gasteiger partial charge in [-0.05, 0) is 105 Å². The summed E-state index contributed by atoms with van der Waals surface area (Å²) in [5.74, 6) is 2.16. The van der Waals surface area contributed by atoms with Crippen molar-refractivity contribution in [2.24, 2.45) is 11.8 Å². The summed E-state index contributed by atoms with van der Waals surface area (Å²) in [7, 11) is 1.73. The topological polar surface area (TPSA) is 75.1 Å². The highest BCUT2D eigenvalue weighted by atomic mass is 32.1. The first-order chi connectivity index (χ1) is 21.0. The van der Waals surface area contributed by atoms with E-state index in [4.69, 9.17) is 14.5 Å². The van der Waals surface area contributed by atoms with Gasteiger partial charge in [0, 0.05) is 37.4 Å². The maximum atomic E-state index is 14.1. The lowest BCUT2D eigenvalue weighted by Gasteiger charge is -2.36. The van der Waals surface area contributed by atoms with Gasteiger partial charge in [-0.15, -0.1) is 0 Å². The molecule has 2 heterocycles. The van der Waals surface area contributed by atoms with Gasteiger partial charge < -0.3 is 24.4 Å². The van der Waals surface area contributed by atoms with Crippen LogP contribution in [0.2, 0.25) is 0 Å². The molecule has 1 aliphatic heterocycles. The Hall–Kier alpha value is -2.94. The third-order valence-corrected chi connectivity index (χ3v) is 10.8. The molecule has 7 nitrogen and oxygen atoms in total. The van der Waals surface area contributed by atoms with Gasteiger partial charge >= 0.3 is 0 Å². The molecule has 3 aliphatic rings. The quantitative estimate of drug-likeness (QED) is 0.305. The molecule has 230 valence electrons. The fraction of sp³-hybridized carbons (Fsp3) is 0.543. The van der Waals surface area contributed by atoms with Gasteiger partial charge in [-0.3, -0.25) is 4.79 Å². The molecule has 43 heavy (non-hydrogen) atoms. The van der Waals surface area contributed by atoms with Crippen molar-refractivity contribution in [2.75, 3.05) is 49.8 Å². The first-order valence-corrected chi connectivity index (χ1v) is 16.8. The molecular formula is C35H45N3O4S. The summed E-state index contributed by atoms with van der Waals surface area (Å²) in [6, 6.07) is 15.1. The molecule has 2 saturated carbocycles. The lowest BCUT2D eigenvalue weighted by Crippen LogP contribution is -2.41. The van der Waals surface area contributed by atoms with E-state index in [1.165, 1.54) is 11.1 Å². The predicted octanol–water partition coefficient (Wildman–Crippen LogP) is 6.82. The number of hydrogen-bond acceptors (Lipinski definition) is 7. The second-order valence-electron chi connectivity index (χ2n) is 12.6. The SMILES string of the molecule is COc1ccc(C2CCC(CN(C(=O)C3CCC(O)CC3)c3cccc(-c4cnc(N5CCOCC5)s4)c3)CC2)cc1C. The zero-order valence-electron chi connectivity index (χ0n) is 25.5. The summed E-state index contributed by atoms with van der Waals surface area (Å²) >= 11 is 1.71. The van der Waals surface area contributed by atoms with Crippen LogP contribution in [0.1, 0.15) is 68.4 Å². The summed E-state index contributed by atoms with van der Waals surface area (Å²) in [5, 5.41) is 11.1. The van der Waals surface area contributed by atoms with Gasteiger partial charge in [0.1, 0.15) is 5.75 Å². The molecular weight excluding hydrogens is 558 g/mol. The number of aliphatic hydroxyl groups is 1. The Labute approximate surface area is 259 Å². The average molecular weight is 604 g/mol. The number of benzene rings is 2. The highest BCUT2D eigenvalue weighted by Crippen LogP contribution is 2.39. The number of carbonyl (C=O) groups is 1. The number of morpholine rings is 1. The molecule has 0 atom stereocenters. The van der Waals surface area contributed by atoms with Crippen LogP contribution >= 0.6 is 11.3 Å². The van der Waals surface area contributed by atoms with Crippen LogP contribution in [0.15, 0.2) is 48.7 Å². The molecule has 0 spiro atoms. The zero-order chi connectivity index (χ0) is 29.8. The molecule has 1 amide bonds. The van der Waals surface area contributed by atoms with Crippen molar-refractivity contribution in [1.29, 1.82) is 0 Å². The summed E-state index contributed by atoms with van der Waals surface area (Å²) < 4.78 is 11.0. The van der Waals surface area contributed by atoms with E-state index in [1.807, 2.05) is 6.20 Å². The zero-order valence-corrected chi connectivity index (χ0v) is 26.4. The van der Waals surface area contributed by atoms with Gasteiger partial charge in [0.2, 0.25) is 5.91 Å². The van der Waals surface area contributed by atoms with E-state index >= 15 is 0 Å². The van der Waals surface area contributed by atoms with E-state index in [1.54, 1.807) is 18.4 Å². The van der Waals surface area contributed by atoms with Crippen molar-refractivity contribution >= 4 is 28.1 Å². The molecule has 0 radical (unpaired) electrons. The fourth-order valence-electron chi connectivity index (χ4n) is 7.08. The molecule has 3 aromatic rings. The van der Waals surface area contributed by atoms with E-state index in [0.717, 1.165) is 98.4 Å². The van der Waals surface area contributed by atoms with Crippen molar-refractivity contribution in [3.05, 3.63) is 59.8 Å². The maximum Gasteiger partial charge on any atom is 0.230 e. The van der Waals surface area contributed by atoms with Crippen LogP contribution in [0, 0.1) is 18.8 Å². The summed E-state index contributed by atoms with van der Waals surface area (Å²) in [6.45, 7) is 6.07. The molecule has 2 aromatic carbocycles. The van der Waals surface area contributed by atoms with Crippen LogP contribution in [0.5, 0.6) is 5.75 Å². The Morgan fingerprint density at radius 3 is 2.53 bits per heavy atom. The van der Waals surface area contributed by atoms with Gasteiger partial charge in [-0.2, -0.15) is 0 Å². The van der Waals surface area contributed by atoms with E-state index in [9.17, 15) is 9.90 Å². The number of amides is 1. The minimum Gasteiger partial charge on any atom is -0.496 e. The van der Waals surface area contributed by atoms with Crippen LogP contribution in [0.3, 0.4) is 0 Å². The molecule has 6 rings (SSSR count). The van der Waals surface area contributed by atoms with Crippen LogP contribution in [-0.4, -0.2) is 62.1 Å². The standard InChI is InChI=1S/C35H45N3O4S/c1-24-20-28(12-15-32(24)41-2)26-8-6-25(7-9-26)23-38(34(40)27-10-13-31(39)14-11-27)30-5-3-4-29(21-30)33-22-36-35(43-33)37-16-18-42-19-17-37/h3-5,12,15,20-22,25-27,31,39H,6-11,13-14,16-19,23H2,1-2H3. The highest BCUT2D eigenvalue weighted by Gasteiger charge is 2.32. The maximum absolute atomic E-state index is 14.1. The van der Waals surface area contributed by atoms with Crippen molar-refractivity contribution in [1.82, 2.24) is 4.98 Å². The average Bonchev–Trinajstić information content (AvgIpc) is 3.55. The van der Waals surface area contributed by atoms with E-state index in [0.29, 0.717) is 24.7 Å². The Morgan fingerprint density at radius 2 is 1.81 bits per heavy atom. The number of nitrogens with zero attached hydrogens (tertiary/aromatic N) is 3. The summed E-state index contributed by atoms with van der Waals surface area (Å²) in [5.41, 5.74) is 4.67. The normalized spacial score (nSPS) is 24.5. The molecule has 0 unspecified atom stereocenters. The van der Waals surface area contributed by atoms with Gasteiger partial charge in [-0.1, -0.05) is 35.6 Å². The number of methoxy groups -OCH3 is 1. The van der Waals surface area contributed by atoms with E-state index in [2.05, 4.69) is 59.2 Å². The third-order valence-electron chi connectivity index (χ3n) is 9.71. The van der Waals surface area contributed by atoms with Crippen LogP contribution < -0.4 is 14.5 Å². The summed E-state index contributed by atoms with van der Waals surface area (Å²) in [6.07, 6.45) is 9.13. The second kappa shape index (κ2) is 13.8. The number of thiazole rings is 1. The molecule has 8 heteroatoms. The number of carbonyl (C=O) groups excluding carboxylic acids is 1. The number of ether oxygens (including phenoxy) is 2. The van der Waals surface area contributed by atoms with Crippen molar-refractivity contribution in [3.63, 3.8) is 0 Å². The van der Waals surface area contributed by atoms with Crippen molar-refractivity contribution in [3.8, 4) is 16.2 Å². The Bertz CT molecular complexity index is 1370. The van der Waals surface area contributed by atoms with Gasteiger partial charge in [-0.25, -0.2) is 4.98 Å². The smallest absolute Gasteiger partial charge is 0.230 e. The number of rotatable bonds is 8. The van der Waals surface area contributed by atoms with Gasteiger partial charge in [0.25, 0.3) is 0 Å². The molecule has 1 N–H and O–H groups in total. The van der Waals surface area contributed by atoms with Gasteiger partial charge in [0.05, 0.1) is 31.3 Å². The molecule has 1 aromatic heterocycles. The minimum atomic E-state index is -0.273. The number of hydrogen-bond donors (Lipinski definition) is 1. The number of aliphatic hydroxyl groups excluding tert-OH is 1. The van der Waals surface area contributed by atoms with Crippen molar-refractivity contribution < 1.29 is 19.4 Å². The Kier molecular flexibility index (Phi) is 9.65. The van der Waals surface area contributed by atoms with Crippen molar-refractivity contribution in [2.45, 2.75) is 70.3 Å². The van der Waals surface area contributed by atoms with E-state index < -0.39 is 0 Å². The molecule has 0 bridgehead atoms. The van der Waals surface area contributed by atoms with Crippen LogP contribution in [-0.2, 0) is 9.53 Å². The lowest BCUT2D eigenvalue weighted by atomic mass is 9.78. The van der Waals surface area contributed by atoms with Gasteiger partial charge in [0.15, 0.2) is 5.13 Å². The molecule has 1 saturated heterocycles. The third kappa shape index (κ3) is 7.08. The summed E-state index contributed by atoms with van der Waals surface area (Å²) in [4.78, 5) is 24.3. The predicted molar refractivity (Wildman–Crippen MR) is 173 cm³/mol.